The lowest BCUT2D eigenvalue weighted by Gasteiger charge is -1.94. The van der Waals surface area contributed by atoms with Gasteiger partial charge in [0.2, 0.25) is 5.82 Å². The molecule has 0 spiro atoms. The Morgan fingerprint density at radius 3 is 2.92 bits per heavy atom. The van der Waals surface area contributed by atoms with Crippen LogP contribution in [0.15, 0.2) is 6.20 Å². The molecule has 0 aliphatic carbocycles. The van der Waals surface area contributed by atoms with Crippen molar-refractivity contribution >= 4 is 22.6 Å². The van der Waals surface area contributed by atoms with Gasteiger partial charge in [-0.15, -0.1) is 10.2 Å². The van der Waals surface area contributed by atoms with Crippen LogP contribution >= 0.6 is 22.6 Å². The van der Waals surface area contributed by atoms with E-state index in [4.69, 9.17) is 0 Å². The van der Waals surface area contributed by atoms with Crippen LogP contribution in [-0.4, -0.2) is 30.4 Å². The van der Waals surface area contributed by atoms with E-state index in [1.165, 1.54) is 0 Å². The first-order chi connectivity index (χ1) is 5.79. The molecule has 2 aromatic heterocycles. The van der Waals surface area contributed by atoms with Gasteiger partial charge in [0, 0.05) is 7.05 Å². The Morgan fingerprint density at radius 1 is 1.58 bits per heavy atom. The number of tetrazole rings is 1. The molecule has 0 radical (unpaired) electrons. The minimum atomic E-state index is 0.569. The van der Waals surface area contributed by atoms with Crippen LogP contribution in [0.2, 0.25) is 0 Å². The molecule has 12 heavy (non-hydrogen) atoms. The summed E-state index contributed by atoms with van der Waals surface area (Å²) in [5, 5.41) is 17.7. The molecule has 0 saturated carbocycles. The van der Waals surface area contributed by atoms with Crippen LogP contribution in [0, 0.1) is 3.57 Å². The van der Waals surface area contributed by atoms with Crippen molar-refractivity contribution in [2.45, 2.75) is 0 Å². The minimum Gasteiger partial charge on any atom is -0.263 e. The van der Waals surface area contributed by atoms with E-state index in [2.05, 4.69) is 48.3 Å². The number of H-pyrrole nitrogens is 1. The maximum absolute atomic E-state index is 4.06. The molecule has 0 saturated heterocycles. The highest BCUT2D eigenvalue weighted by Crippen LogP contribution is 2.19. The van der Waals surface area contributed by atoms with E-state index in [0.29, 0.717) is 5.82 Å². The van der Waals surface area contributed by atoms with Gasteiger partial charge in [-0.1, -0.05) is 0 Å². The fraction of sp³-hybridized carbons (Fsp3) is 0.200. The SMILES string of the molecule is Cn1ncc(I)c1-c1nn[nH]n1. The van der Waals surface area contributed by atoms with Crippen LogP contribution in [0.3, 0.4) is 0 Å². The number of hydrogen-bond acceptors (Lipinski definition) is 4. The fourth-order valence-electron chi connectivity index (χ4n) is 0.924. The normalized spacial score (nSPS) is 10.5. The quantitative estimate of drug-likeness (QED) is 0.755. The van der Waals surface area contributed by atoms with Gasteiger partial charge >= 0.3 is 0 Å². The first kappa shape index (κ1) is 7.65. The van der Waals surface area contributed by atoms with Gasteiger partial charge in [0.05, 0.1) is 9.77 Å². The van der Waals surface area contributed by atoms with Crippen LogP contribution in [0.5, 0.6) is 0 Å². The molecule has 0 fully saturated rings. The lowest BCUT2D eigenvalue weighted by Crippen LogP contribution is -1.95. The van der Waals surface area contributed by atoms with Crippen molar-refractivity contribution in [2.24, 2.45) is 7.05 Å². The molecule has 7 heteroatoms. The Labute approximate surface area is 81.5 Å². The average molecular weight is 276 g/mol. The summed E-state index contributed by atoms with van der Waals surface area (Å²) in [5.41, 5.74) is 0.879. The number of aryl methyl sites for hydroxylation is 1. The lowest BCUT2D eigenvalue weighted by atomic mass is 10.4. The Hall–Kier alpha value is -0.990. The third kappa shape index (κ3) is 1.09. The number of nitrogens with zero attached hydrogens (tertiary/aromatic N) is 5. The summed E-state index contributed by atoms with van der Waals surface area (Å²) < 4.78 is 2.73. The van der Waals surface area contributed by atoms with E-state index in [1.54, 1.807) is 10.9 Å². The van der Waals surface area contributed by atoms with Crippen LogP contribution < -0.4 is 0 Å². The van der Waals surface area contributed by atoms with Crippen molar-refractivity contribution in [3.63, 3.8) is 0 Å². The van der Waals surface area contributed by atoms with Gasteiger partial charge in [0.1, 0.15) is 5.69 Å². The molecule has 0 atom stereocenters. The number of hydrogen-bond donors (Lipinski definition) is 1. The van der Waals surface area contributed by atoms with Gasteiger partial charge < -0.3 is 0 Å². The topological polar surface area (TPSA) is 72.3 Å². The molecule has 2 rings (SSSR count). The monoisotopic (exact) mass is 276 g/mol. The van der Waals surface area contributed by atoms with E-state index in [-0.39, 0.29) is 0 Å². The molecule has 0 amide bonds. The average Bonchev–Trinajstić information content (AvgIpc) is 2.61. The molecule has 2 heterocycles. The second kappa shape index (κ2) is 2.81. The van der Waals surface area contributed by atoms with Gasteiger partial charge in [-0.25, -0.2) is 0 Å². The maximum atomic E-state index is 4.06. The summed E-state index contributed by atoms with van der Waals surface area (Å²) in [6.07, 6.45) is 1.76. The van der Waals surface area contributed by atoms with Gasteiger partial charge in [-0.2, -0.15) is 10.3 Å². The first-order valence-electron chi connectivity index (χ1n) is 3.20. The first-order valence-corrected chi connectivity index (χ1v) is 4.28. The summed E-state index contributed by atoms with van der Waals surface area (Å²) in [6, 6.07) is 0. The molecule has 1 N–H and O–H groups in total. The molecule has 0 aromatic carbocycles. The van der Waals surface area contributed by atoms with E-state index >= 15 is 0 Å². The summed E-state index contributed by atoms with van der Waals surface area (Å²) in [6.45, 7) is 0. The molecule has 6 nitrogen and oxygen atoms in total. The lowest BCUT2D eigenvalue weighted by molar-refractivity contribution is 0.770. The summed E-state index contributed by atoms with van der Waals surface area (Å²) >= 11 is 2.18. The number of nitrogens with one attached hydrogen (secondary N) is 1. The maximum Gasteiger partial charge on any atom is 0.223 e. The van der Waals surface area contributed by atoms with Crippen molar-refractivity contribution < 1.29 is 0 Å². The van der Waals surface area contributed by atoms with Crippen molar-refractivity contribution in [2.75, 3.05) is 0 Å². The van der Waals surface area contributed by atoms with Gasteiger partial charge in [-0.3, -0.25) is 4.68 Å². The smallest absolute Gasteiger partial charge is 0.223 e. The highest BCUT2D eigenvalue weighted by Gasteiger charge is 2.11. The fourth-order valence-corrected chi connectivity index (χ4v) is 1.64. The Morgan fingerprint density at radius 2 is 2.42 bits per heavy atom. The number of halogens is 1. The second-order valence-corrected chi connectivity index (χ2v) is 3.36. The zero-order chi connectivity index (χ0) is 8.55. The van der Waals surface area contributed by atoms with Gasteiger partial charge in [0.25, 0.3) is 0 Å². The third-order valence-electron chi connectivity index (χ3n) is 1.45. The molecule has 0 aliphatic heterocycles. The summed E-state index contributed by atoms with van der Waals surface area (Å²) in [7, 11) is 1.84. The van der Waals surface area contributed by atoms with Crippen LogP contribution in [0.1, 0.15) is 0 Å². The van der Waals surface area contributed by atoms with Crippen molar-refractivity contribution in [3.8, 4) is 11.5 Å². The van der Waals surface area contributed by atoms with E-state index < -0.39 is 0 Å². The molecule has 0 aliphatic rings. The minimum absolute atomic E-state index is 0.569. The highest BCUT2D eigenvalue weighted by molar-refractivity contribution is 14.1. The summed E-state index contributed by atoms with van der Waals surface area (Å²) in [5.74, 6) is 0.569. The van der Waals surface area contributed by atoms with Crippen LogP contribution in [0.4, 0.5) is 0 Å². The molecular formula is C5H5IN6. The third-order valence-corrected chi connectivity index (χ3v) is 2.24. The Kier molecular flexibility index (Phi) is 1.79. The van der Waals surface area contributed by atoms with Gasteiger partial charge in [-0.05, 0) is 27.8 Å². The largest absolute Gasteiger partial charge is 0.263 e. The number of aromatic amines is 1. The van der Waals surface area contributed by atoms with Crippen molar-refractivity contribution in [3.05, 3.63) is 9.77 Å². The van der Waals surface area contributed by atoms with E-state index in [9.17, 15) is 0 Å². The number of aromatic nitrogens is 6. The zero-order valence-electron chi connectivity index (χ0n) is 6.19. The second-order valence-electron chi connectivity index (χ2n) is 2.20. The molecule has 62 valence electrons. The van der Waals surface area contributed by atoms with Crippen molar-refractivity contribution in [1.82, 2.24) is 30.4 Å². The molecule has 2 aromatic rings. The molecule has 0 unspecified atom stereocenters. The Bertz CT molecular complexity index is 357. The highest BCUT2D eigenvalue weighted by atomic mass is 127. The Balaban J connectivity index is 2.60. The predicted octanol–water partition coefficient (Wildman–Crippen LogP) is 0.205. The molecule has 0 bridgehead atoms. The zero-order valence-corrected chi connectivity index (χ0v) is 8.35. The number of rotatable bonds is 1. The predicted molar refractivity (Wildman–Crippen MR) is 49.1 cm³/mol. The van der Waals surface area contributed by atoms with Gasteiger partial charge in [0.15, 0.2) is 0 Å². The molecular weight excluding hydrogens is 271 g/mol. The standard InChI is InChI=1S/C5H5IN6/c1-12-4(3(6)2-7-12)5-8-10-11-9-5/h2H,1H3,(H,8,9,10,11). The van der Waals surface area contributed by atoms with Crippen LogP contribution in [0.25, 0.3) is 11.5 Å². The van der Waals surface area contributed by atoms with Crippen LogP contribution in [-0.2, 0) is 7.05 Å². The van der Waals surface area contributed by atoms with E-state index in [0.717, 1.165) is 9.26 Å². The van der Waals surface area contributed by atoms with Crippen molar-refractivity contribution in [1.29, 1.82) is 0 Å². The van der Waals surface area contributed by atoms with E-state index in [1.807, 2.05) is 7.05 Å². The summed E-state index contributed by atoms with van der Waals surface area (Å²) in [4.78, 5) is 0.